The third kappa shape index (κ3) is 4.01. The SMILES string of the molecule is O=C(O)CNC(=O)C(NC(=O)OCC1c2ccccc2-c2ccccc21)C1CCC1. The van der Waals surface area contributed by atoms with Gasteiger partial charge in [0.1, 0.15) is 19.2 Å². The van der Waals surface area contributed by atoms with E-state index in [-0.39, 0.29) is 18.4 Å². The molecule has 2 aliphatic carbocycles. The molecule has 7 heteroatoms. The standard InChI is InChI=1S/C23H24N2O5/c26-20(27)12-24-22(28)21(14-6-5-7-14)25-23(29)30-13-19-17-10-3-1-8-15(17)16-9-2-4-11-18(16)19/h1-4,8-11,14,19,21H,5-7,12-13H2,(H,24,28)(H,25,29)(H,26,27). The Morgan fingerprint density at radius 1 is 1.00 bits per heavy atom. The molecule has 0 aromatic heterocycles. The summed E-state index contributed by atoms with van der Waals surface area (Å²) in [5.41, 5.74) is 4.51. The summed E-state index contributed by atoms with van der Waals surface area (Å²) in [5, 5.41) is 13.8. The molecule has 2 aromatic carbocycles. The molecule has 7 nitrogen and oxygen atoms in total. The molecule has 30 heavy (non-hydrogen) atoms. The topological polar surface area (TPSA) is 105 Å². The molecule has 156 valence electrons. The number of aliphatic carboxylic acids is 1. The van der Waals surface area contributed by atoms with Crippen molar-refractivity contribution in [3.05, 3.63) is 59.7 Å². The molecule has 0 saturated heterocycles. The second-order valence-corrected chi connectivity index (χ2v) is 7.75. The van der Waals surface area contributed by atoms with Gasteiger partial charge >= 0.3 is 12.1 Å². The van der Waals surface area contributed by atoms with Crippen molar-refractivity contribution in [3.8, 4) is 11.1 Å². The Kier molecular flexibility index (Phi) is 5.70. The lowest BCUT2D eigenvalue weighted by molar-refractivity contribution is -0.138. The number of carbonyl (C=O) groups is 3. The van der Waals surface area contributed by atoms with Gasteiger partial charge in [0.2, 0.25) is 5.91 Å². The van der Waals surface area contributed by atoms with E-state index in [1.807, 2.05) is 36.4 Å². The molecule has 1 saturated carbocycles. The molecular formula is C23H24N2O5. The smallest absolute Gasteiger partial charge is 0.407 e. The van der Waals surface area contributed by atoms with Gasteiger partial charge in [-0.1, -0.05) is 55.0 Å². The number of hydrogen-bond donors (Lipinski definition) is 3. The molecule has 2 aromatic rings. The molecule has 4 rings (SSSR count). The second-order valence-electron chi connectivity index (χ2n) is 7.75. The predicted octanol–water partition coefficient (Wildman–Crippen LogP) is 2.89. The maximum Gasteiger partial charge on any atom is 0.407 e. The molecule has 0 aliphatic heterocycles. The Bertz CT molecular complexity index is 924. The van der Waals surface area contributed by atoms with Crippen molar-refractivity contribution >= 4 is 18.0 Å². The minimum Gasteiger partial charge on any atom is -0.480 e. The van der Waals surface area contributed by atoms with Crippen LogP contribution in [0.5, 0.6) is 0 Å². The number of hydrogen-bond acceptors (Lipinski definition) is 4. The Labute approximate surface area is 174 Å². The minimum absolute atomic E-state index is 0.000669. The van der Waals surface area contributed by atoms with Gasteiger partial charge in [0.25, 0.3) is 0 Å². The lowest BCUT2D eigenvalue weighted by Gasteiger charge is -2.33. The summed E-state index contributed by atoms with van der Waals surface area (Å²) in [4.78, 5) is 35.6. The van der Waals surface area contributed by atoms with Gasteiger partial charge in [-0.3, -0.25) is 9.59 Å². The van der Waals surface area contributed by atoms with Gasteiger partial charge in [-0.05, 0) is 41.0 Å². The quantitative estimate of drug-likeness (QED) is 0.653. The van der Waals surface area contributed by atoms with Crippen LogP contribution in [0.2, 0.25) is 0 Å². The zero-order valence-corrected chi connectivity index (χ0v) is 16.5. The molecule has 3 N–H and O–H groups in total. The highest BCUT2D eigenvalue weighted by atomic mass is 16.5. The van der Waals surface area contributed by atoms with Crippen molar-refractivity contribution in [1.82, 2.24) is 10.6 Å². The van der Waals surface area contributed by atoms with Crippen molar-refractivity contribution < 1.29 is 24.2 Å². The number of carbonyl (C=O) groups excluding carboxylic acids is 2. The van der Waals surface area contributed by atoms with Gasteiger partial charge in [0.05, 0.1) is 0 Å². The van der Waals surface area contributed by atoms with Gasteiger partial charge in [0, 0.05) is 5.92 Å². The van der Waals surface area contributed by atoms with E-state index in [0.717, 1.165) is 41.5 Å². The number of amides is 2. The van der Waals surface area contributed by atoms with Crippen molar-refractivity contribution in [2.45, 2.75) is 31.2 Å². The van der Waals surface area contributed by atoms with E-state index in [0.29, 0.717) is 0 Å². The number of nitrogens with one attached hydrogen (secondary N) is 2. The number of fused-ring (bicyclic) bond motifs is 3. The van der Waals surface area contributed by atoms with E-state index in [4.69, 9.17) is 9.84 Å². The largest absolute Gasteiger partial charge is 0.480 e. The van der Waals surface area contributed by atoms with Gasteiger partial charge in [-0.15, -0.1) is 0 Å². The summed E-state index contributed by atoms with van der Waals surface area (Å²) < 4.78 is 5.52. The summed E-state index contributed by atoms with van der Waals surface area (Å²) in [6.07, 6.45) is 1.95. The third-order valence-electron chi connectivity index (χ3n) is 5.93. The Morgan fingerprint density at radius 3 is 2.13 bits per heavy atom. The van der Waals surface area contributed by atoms with Crippen LogP contribution in [0.25, 0.3) is 11.1 Å². The molecule has 0 radical (unpaired) electrons. The summed E-state index contributed by atoms with van der Waals surface area (Å²) in [5.74, 6) is -1.68. The fourth-order valence-electron chi connectivity index (χ4n) is 4.21. The van der Waals surface area contributed by atoms with Crippen LogP contribution in [0.3, 0.4) is 0 Å². The molecule has 1 atom stereocenters. The predicted molar refractivity (Wildman–Crippen MR) is 110 cm³/mol. The number of ether oxygens (including phenoxy) is 1. The second kappa shape index (κ2) is 8.57. The van der Waals surface area contributed by atoms with E-state index in [1.54, 1.807) is 0 Å². The van der Waals surface area contributed by atoms with Crippen LogP contribution < -0.4 is 10.6 Å². The van der Waals surface area contributed by atoms with E-state index < -0.39 is 30.6 Å². The minimum atomic E-state index is -1.13. The summed E-state index contributed by atoms with van der Waals surface area (Å²) >= 11 is 0. The highest BCUT2D eigenvalue weighted by Gasteiger charge is 2.35. The number of carboxylic acids is 1. The highest BCUT2D eigenvalue weighted by molar-refractivity contribution is 5.88. The average Bonchev–Trinajstić information content (AvgIpc) is 3.02. The highest BCUT2D eigenvalue weighted by Crippen LogP contribution is 2.44. The number of benzene rings is 2. The van der Waals surface area contributed by atoms with Crippen LogP contribution >= 0.6 is 0 Å². The first kappa shape index (κ1) is 19.9. The molecule has 1 fully saturated rings. The Morgan fingerprint density at radius 2 is 1.60 bits per heavy atom. The first-order valence-electron chi connectivity index (χ1n) is 10.2. The first-order valence-corrected chi connectivity index (χ1v) is 10.2. The summed E-state index contributed by atoms with van der Waals surface area (Å²) in [6, 6.07) is 15.3. The lowest BCUT2D eigenvalue weighted by Crippen LogP contribution is -2.53. The van der Waals surface area contributed by atoms with Gasteiger partial charge in [-0.2, -0.15) is 0 Å². The molecule has 2 amide bonds. The molecule has 0 spiro atoms. The van der Waals surface area contributed by atoms with Gasteiger partial charge in [0.15, 0.2) is 0 Å². The van der Waals surface area contributed by atoms with Crippen LogP contribution in [0.4, 0.5) is 4.79 Å². The van der Waals surface area contributed by atoms with Crippen molar-refractivity contribution in [1.29, 1.82) is 0 Å². The normalized spacial score (nSPS) is 16.0. The number of rotatable bonds is 7. The molecular weight excluding hydrogens is 384 g/mol. The lowest BCUT2D eigenvalue weighted by atomic mass is 9.79. The maximum absolute atomic E-state index is 12.5. The van der Waals surface area contributed by atoms with Crippen LogP contribution in [0.1, 0.15) is 36.3 Å². The van der Waals surface area contributed by atoms with Crippen molar-refractivity contribution in [2.24, 2.45) is 5.92 Å². The van der Waals surface area contributed by atoms with Crippen LogP contribution in [-0.4, -0.2) is 42.3 Å². The van der Waals surface area contributed by atoms with Crippen molar-refractivity contribution in [2.75, 3.05) is 13.2 Å². The Hall–Kier alpha value is -3.35. The average molecular weight is 408 g/mol. The molecule has 0 bridgehead atoms. The van der Waals surface area contributed by atoms with E-state index in [9.17, 15) is 14.4 Å². The van der Waals surface area contributed by atoms with Crippen LogP contribution in [0.15, 0.2) is 48.5 Å². The zero-order valence-electron chi connectivity index (χ0n) is 16.5. The molecule has 2 aliphatic rings. The van der Waals surface area contributed by atoms with Gasteiger partial charge in [-0.25, -0.2) is 4.79 Å². The molecule has 0 heterocycles. The summed E-state index contributed by atoms with van der Waals surface area (Å²) in [7, 11) is 0. The van der Waals surface area contributed by atoms with E-state index in [2.05, 4.69) is 22.8 Å². The summed E-state index contributed by atoms with van der Waals surface area (Å²) in [6.45, 7) is -0.317. The van der Waals surface area contributed by atoms with E-state index in [1.165, 1.54) is 0 Å². The van der Waals surface area contributed by atoms with Crippen LogP contribution in [-0.2, 0) is 14.3 Å². The first-order chi connectivity index (χ1) is 14.5. The van der Waals surface area contributed by atoms with Gasteiger partial charge < -0.3 is 20.5 Å². The number of alkyl carbamates (subject to hydrolysis) is 1. The maximum atomic E-state index is 12.5. The number of carboxylic acid groups (broad SMARTS) is 1. The fourth-order valence-corrected chi connectivity index (χ4v) is 4.21. The Balaban J connectivity index is 1.41. The third-order valence-corrected chi connectivity index (χ3v) is 5.93. The fraction of sp³-hybridized carbons (Fsp3) is 0.348. The monoisotopic (exact) mass is 408 g/mol. The molecule has 1 unspecified atom stereocenters. The van der Waals surface area contributed by atoms with E-state index >= 15 is 0 Å². The van der Waals surface area contributed by atoms with Crippen LogP contribution in [0, 0.1) is 5.92 Å². The zero-order chi connectivity index (χ0) is 21.1. The van der Waals surface area contributed by atoms with Crippen molar-refractivity contribution in [3.63, 3.8) is 0 Å².